The van der Waals surface area contributed by atoms with Gasteiger partial charge in [-0.15, -0.1) is 0 Å². The number of halogens is 5. The van der Waals surface area contributed by atoms with Crippen molar-refractivity contribution in [1.82, 2.24) is 0 Å². The van der Waals surface area contributed by atoms with Crippen molar-refractivity contribution in [2.45, 2.75) is 0 Å². The van der Waals surface area contributed by atoms with E-state index in [2.05, 4.69) is 60.5 Å². The van der Waals surface area contributed by atoms with Gasteiger partial charge >= 0.3 is 0 Å². The Kier molecular flexibility index (Phi) is 7.51. The smallest absolute Gasteiger partial charge is 0.137 e. The van der Waals surface area contributed by atoms with Gasteiger partial charge in [-0.2, -0.15) is 0 Å². The van der Waals surface area contributed by atoms with Crippen molar-refractivity contribution in [3.8, 4) is 0 Å². The summed E-state index contributed by atoms with van der Waals surface area (Å²) in [4.78, 5) is 0. The van der Waals surface area contributed by atoms with Crippen molar-refractivity contribution in [3.05, 3.63) is 64.4 Å². The Hall–Kier alpha value is 0.790. The molecule has 0 radical (unpaired) electrons. The predicted molar refractivity (Wildman–Crippen MR) is 93.7 cm³/mol. The highest BCUT2D eigenvalue weighted by Gasteiger charge is 1.96. The summed E-state index contributed by atoms with van der Waals surface area (Å²) in [5.74, 6) is -0.176. The molecule has 0 aliphatic rings. The molecule has 2 aromatic rings. The summed E-state index contributed by atoms with van der Waals surface area (Å²) in [5, 5.41) is 0. The highest BCUT2D eigenvalue weighted by molar-refractivity contribution is 14.1. The summed E-state index contributed by atoms with van der Waals surface area (Å²) in [5.41, 5.74) is 0. The van der Waals surface area contributed by atoms with E-state index in [-0.39, 0.29) is 5.82 Å². The van der Waals surface area contributed by atoms with Gasteiger partial charge in [0.05, 0.1) is 0 Å². The van der Waals surface area contributed by atoms with Gasteiger partial charge in [-0.25, -0.2) is 4.39 Å². The molecule has 0 aliphatic heterocycles. The van der Waals surface area contributed by atoms with Gasteiger partial charge in [-0.3, -0.25) is 0 Å². The molecular formula is C12H7Br2FI2. The van der Waals surface area contributed by atoms with E-state index in [9.17, 15) is 4.39 Å². The van der Waals surface area contributed by atoms with Crippen LogP contribution in [0.25, 0.3) is 0 Å². The summed E-state index contributed by atoms with van der Waals surface area (Å²) in [6.07, 6.45) is 0. The van der Waals surface area contributed by atoms with Crippen molar-refractivity contribution in [3.63, 3.8) is 0 Å². The molecule has 0 saturated heterocycles. The van der Waals surface area contributed by atoms with Gasteiger partial charge in [-0.05, 0) is 91.4 Å². The predicted octanol–water partition coefficient (Wildman–Crippen LogP) is 6.25. The first-order valence-corrected chi connectivity index (χ1v) is 8.25. The van der Waals surface area contributed by atoms with Crippen molar-refractivity contribution in [1.29, 1.82) is 0 Å². The van der Waals surface area contributed by atoms with Crippen LogP contribution in [0.15, 0.2) is 51.4 Å². The third-order valence-electron chi connectivity index (χ3n) is 1.71. The van der Waals surface area contributed by atoms with Gasteiger partial charge in [0.25, 0.3) is 0 Å². The molecule has 0 fully saturated rings. The molecule has 0 amide bonds. The molecule has 0 aliphatic carbocycles. The highest BCUT2D eigenvalue weighted by Crippen LogP contribution is 2.17. The maximum Gasteiger partial charge on any atom is 0.137 e. The Morgan fingerprint density at radius 3 is 1.94 bits per heavy atom. The lowest BCUT2D eigenvalue weighted by Gasteiger charge is -1.92. The average Bonchev–Trinajstić information content (AvgIpc) is 2.29. The van der Waals surface area contributed by atoms with E-state index < -0.39 is 0 Å². The monoisotopic (exact) mass is 582 g/mol. The van der Waals surface area contributed by atoms with Crippen molar-refractivity contribution in [2.24, 2.45) is 0 Å². The third kappa shape index (κ3) is 5.98. The fourth-order valence-corrected chi connectivity index (χ4v) is 2.25. The molecule has 0 nitrogen and oxygen atoms in total. The lowest BCUT2D eigenvalue weighted by molar-refractivity contribution is 0.619. The van der Waals surface area contributed by atoms with Crippen molar-refractivity contribution < 1.29 is 4.39 Å². The second-order valence-electron chi connectivity index (χ2n) is 2.97. The quantitative estimate of drug-likeness (QED) is 0.254. The standard InChI is InChI=1S/C6H3BrFI.C6H4BrI/c7-4-1-2-6(9)5(8)3-4;7-5-3-1-2-4-6(5)8/h1-3H;1-4H. The topological polar surface area (TPSA) is 0 Å². The molecule has 0 spiro atoms. The second kappa shape index (κ2) is 8.06. The van der Waals surface area contributed by atoms with Crippen LogP contribution in [0, 0.1) is 13.0 Å². The minimum Gasteiger partial charge on any atom is -0.206 e. The molecule has 90 valence electrons. The summed E-state index contributed by atoms with van der Waals surface area (Å²) in [6, 6.07) is 13.1. The van der Waals surface area contributed by atoms with E-state index in [4.69, 9.17) is 0 Å². The van der Waals surface area contributed by atoms with Crippen LogP contribution in [-0.4, -0.2) is 0 Å². The van der Waals surface area contributed by atoms with Gasteiger partial charge in [0, 0.05) is 16.1 Å². The van der Waals surface area contributed by atoms with Crippen LogP contribution >= 0.6 is 77.0 Å². The van der Waals surface area contributed by atoms with Crippen LogP contribution in [-0.2, 0) is 0 Å². The first-order chi connectivity index (χ1) is 8.00. The molecular weight excluding hydrogens is 577 g/mol. The van der Waals surface area contributed by atoms with E-state index >= 15 is 0 Å². The molecule has 17 heavy (non-hydrogen) atoms. The Morgan fingerprint density at radius 2 is 1.53 bits per heavy atom. The zero-order chi connectivity index (χ0) is 12.8. The molecule has 0 heterocycles. The van der Waals surface area contributed by atoms with E-state index in [0.29, 0.717) is 3.57 Å². The van der Waals surface area contributed by atoms with Crippen LogP contribution < -0.4 is 0 Å². The Balaban J connectivity index is 0.000000171. The molecule has 0 atom stereocenters. The van der Waals surface area contributed by atoms with Crippen molar-refractivity contribution in [2.75, 3.05) is 0 Å². The maximum atomic E-state index is 12.5. The third-order valence-corrected chi connectivity index (χ3v) is 5.45. The summed E-state index contributed by atoms with van der Waals surface area (Å²) in [6.45, 7) is 0. The lowest BCUT2D eigenvalue weighted by Crippen LogP contribution is -1.78. The highest BCUT2D eigenvalue weighted by atomic mass is 127. The number of rotatable bonds is 0. The number of hydrogen-bond acceptors (Lipinski definition) is 0. The van der Waals surface area contributed by atoms with Gasteiger partial charge in [-0.1, -0.05) is 28.1 Å². The minimum atomic E-state index is -0.176. The SMILES string of the molecule is Brc1ccccc1I.Fc1cc(Br)ccc1I. The molecule has 0 saturated carbocycles. The van der Waals surface area contributed by atoms with E-state index in [0.717, 1.165) is 4.47 Å². The zero-order valence-electron chi connectivity index (χ0n) is 8.43. The molecule has 2 aromatic carbocycles. The fraction of sp³-hybridized carbons (Fsp3) is 0. The largest absolute Gasteiger partial charge is 0.206 e. The Morgan fingerprint density at radius 1 is 0.882 bits per heavy atom. The van der Waals surface area contributed by atoms with Crippen LogP contribution in [0.5, 0.6) is 0 Å². The van der Waals surface area contributed by atoms with Crippen LogP contribution in [0.1, 0.15) is 0 Å². The summed E-state index contributed by atoms with van der Waals surface area (Å²) in [7, 11) is 0. The summed E-state index contributed by atoms with van der Waals surface area (Å²) < 4.78 is 16.4. The number of hydrogen-bond donors (Lipinski definition) is 0. The van der Waals surface area contributed by atoms with Crippen molar-refractivity contribution >= 4 is 77.0 Å². The van der Waals surface area contributed by atoms with Gasteiger partial charge in [0.1, 0.15) is 5.82 Å². The first kappa shape index (κ1) is 15.8. The normalized spacial score (nSPS) is 9.47. The van der Waals surface area contributed by atoms with Gasteiger partial charge in [0.2, 0.25) is 0 Å². The van der Waals surface area contributed by atoms with Crippen LogP contribution in [0.3, 0.4) is 0 Å². The molecule has 0 aromatic heterocycles. The van der Waals surface area contributed by atoms with Crippen LogP contribution in [0.4, 0.5) is 4.39 Å². The van der Waals surface area contributed by atoms with Gasteiger partial charge < -0.3 is 0 Å². The van der Waals surface area contributed by atoms with E-state index in [1.807, 2.05) is 46.9 Å². The zero-order valence-corrected chi connectivity index (χ0v) is 15.9. The van der Waals surface area contributed by atoms with Crippen LogP contribution in [0.2, 0.25) is 0 Å². The average molecular weight is 584 g/mol. The first-order valence-electron chi connectivity index (χ1n) is 4.51. The molecule has 0 bridgehead atoms. The fourth-order valence-electron chi connectivity index (χ4n) is 0.910. The lowest BCUT2D eigenvalue weighted by atomic mass is 10.4. The molecule has 0 N–H and O–H groups in total. The Bertz CT molecular complexity index is 483. The molecule has 5 heteroatoms. The number of benzene rings is 2. The maximum absolute atomic E-state index is 12.5. The van der Waals surface area contributed by atoms with E-state index in [1.165, 1.54) is 14.1 Å². The summed E-state index contributed by atoms with van der Waals surface area (Å²) >= 11 is 10.8. The van der Waals surface area contributed by atoms with E-state index in [1.54, 1.807) is 6.07 Å². The Labute approximate surface area is 144 Å². The molecule has 2 rings (SSSR count). The molecule has 0 unspecified atom stereocenters. The minimum absolute atomic E-state index is 0.176. The second-order valence-corrected chi connectivity index (χ2v) is 7.07. The van der Waals surface area contributed by atoms with Gasteiger partial charge in [0.15, 0.2) is 0 Å².